The van der Waals surface area contributed by atoms with Gasteiger partial charge in [-0.15, -0.1) is 0 Å². The van der Waals surface area contributed by atoms with Gasteiger partial charge >= 0.3 is 25.8 Å². The predicted molar refractivity (Wildman–Crippen MR) is 72.3 cm³/mol. The van der Waals surface area contributed by atoms with Crippen LogP contribution in [0.25, 0.3) is 0 Å². The standard InChI is InChI=1S/C9H16.C5H10.In.3H/c1-2-5-9-7-3-6-8(9)4-1;1-2-4-5-3-1;;;;/h8-9H,1-7H2;1-5H2;;;;. The van der Waals surface area contributed by atoms with Crippen molar-refractivity contribution in [3.63, 3.8) is 0 Å². The van der Waals surface area contributed by atoms with Crippen molar-refractivity contribution in [3.8, 4) is 0 Å². The van der Waals surface area contributed by atoms with Crippen molar-refractivity contribution < 1.29 is 0 Å². The van der Waals surface area contributed by atoms with Crippen LogP contribution in [-0.2, 0) is 0 Å². The third kappa shape index (κ3) is 4.71. The van der Waals surface area contributed by atoms with Crippen molar-refractivity contribution in [2.75, 3.05) is 0 Å². The Labute approximate surface area is 114 Å². The van der Waals surface area contributed by atoms with Crippen LogP contribution in [0.1, 0.15) is 77.0 Å². The molecule has 0 aromatic heterocycles. The molecular weight excluding hydrogens is 283 g/mol. The van der Waals surface area contributed by atoms with Crippen LogP contribution in [0.4, 0.5) is 0 Å². The summed E-state index contributed by atoms with van der Waals surface area (Å²) in [5.74, 6) is 2.33. The minimum absolute atomic E-state index is 0. The SMILES string of the molecule is C1CCC2CCCC2C1.C1CCCC1.[InH3]. The van der Waals surface area contributed by atoms with Gasteiger partial charge in [-0.25, -0.2) is 0 Å². The Kier molecular flexibility index (Phi) is 7.46. The fraction of sp³-hybridized carbons (Fsp3) is 1.00. The summed E-state index contributed by atoms with van der Waals surface area (Å²) in [6, 6.07) is 0. The van der Waals surface area contributed by atoms with Gasteiger partial charge in [0.15, 0.2) is 0 Å². The van der Waals surface area contributed by atoms with Gasteiger partial charge in [0.1, 0.15) is 0 Å². The second kappa shape index (κ2) is 8.03. The van der Waals surface area contributed by atoms with Crippen molar-refractivity contribution in [2.24, 2.45) is 11.8 Å². The van der Waals surface area contributed by atoms with E-state index in [9.17, 15) is 0 Å². The van der Waals surface area contributed by atoms with Gasteiger partial charge in [-0.05, 0) is 11.8 Å². The number of rotatable bonds is 0. The molecule has 0 spiro atoms. The molecule has 3 aliphatic carbocycles. The van der Waals surface area contributed by atoms with Gasteiger partial charge in [0.25, 0.3) is 0 Å². The molecule has 0 nitrogen and oxygen atoms in total. The van der Waals surface area contributed by atoms with E-state index in [1.165, 1.54) is 63.2 Å². The fourth-order valence-electron chi connectivity index (χ4n) is 3.57. The average molecular weight is 312 g/mol. The molecule has 2 atom stereocenters. The van der Waals surface area contributed by atoms with E-state index in [0.717, 1.165) is 0 Å². The van der Waals surface area contributed by atoms with Crippen LogP contribution in [0.2, 0.25) is 0 Å². The summed E-state index contributed by atoms with van der Waals surface area (Å²) in [7, 11) is 0. The van der Waals surface area contributed by atoms with Gasteiger partial charge in [0.05, 0.1) is 0 Å². The van der Waals surface area contributed by atoms with E-state index in [1.807, 2.05) is 0 Å². The van der Waals surface area contributed by atoms with Gasteiger partial charge in [0, 0.05) is 0 Å². The number of hydrogen-bond donors (Lipinski definition) is 0. The molecule has 15 heavy (non-hydrogen) atoms. The summed E-state index contributed by atoms with van der Waals surface area (Å²) in [6.07, 6.45) is 18.3. The Morgan fingerprint density at radius 3 is 1.13 bits per heavy atom. The molecule has 0 bridgehead atoms. The van der Waals surface area contributed by atoms with Crippen molar-refractivity contribution in [1.29, 1.82) is 0 Å². The molecule has 3 fully saturated rings. The molecule has 3 rings (SSSR count). The molecule has 0 aromatic rings. The quantitative estimate of drug-likeness (QED) is 0.639. The summed E-state index contributed by atoms with van der Waals surface area (Å²) >= 11 is 0. The Hall–Kier alpha value is 0.870. The van der Waals surface area contributed by atoms with E-state index < -0.39 is 0 Å². The van der Waals surface area contributed by atoms with Crippen LogP contribution in [0.15, 0.2) is 0 Å². The number of hydrogen-bond acceptors (Lipinski definition) is 0. The molecule has 0 aliphatic heterocycles. The average Bonchev–Trinajstić information content (AvgIpc) is 2.92. The van der Waals surface area contributed by atoms with E-state index in [-0.39, 0.29) is 25.8 Å². The summed E-state index contributed by atoms with van der Waals surface area (Å²) < 4.78 is 0. The first-order valence-corrected chi connectivity index (χ1v) is 6.97. The van der Waals surface area contributed by atoms with Gasteiger partial charge < -0.3 is 0 Å². The van der Waals surface area contributed by atoms with Crippen LogP contribution in [0.3, 0.4) is 0 Å². The second-order valence-corrected chi connectivity index (χ2v) is 5.50. The first-order valence-electron chi connectivity index (χ1n) is 6.97. The van der Waals surface area contributed by atoms with Crippen LogP contribution in [0, 0.1) is 11.8 Å². The molecule has 2 unspecified atom stereocenters. The maximum absolute atomic E-state index is 1.56. The van der Waals surface area contributed by atoms with Crippen LogP contribution in [-0.4, -0.2) is 25.8 Å². The van der Waals surface area contributed by atoms with Crippen LogP contribution >= 0.6 is 0 Å². The Balaban J connectivity index is 0.000000162. The zero-order chi connectivity index (χ0) is 9.64. The predicted octanol–water partition coefficient (Wildman–Crippen LogP) is 3.74. The van der Waals surface area contributed by atoms with Gasteiger partial charge in [-0.2, -0.15) is 0 Å². The molecule has 3 aliphatic rings. The second-order valence-electron chi connectivity index (χ2n) is 5.50. The molecule has 0 saturated heterocycles. The van der Waals surface area contributed by atoms with E-state index in [4.69, 9.17) is 0 Å². The van der Waals surface area contributed by atoms with E-state index in [2.05, 4.69) is 0 Å². The molecule has 3 saturated carbocycles. The van der Waals surface area contributed by atoms with Crippen LogP contribution in [0.5, 0.6) is 0 Å². The van der Waals surface area contributed by atoms with Crippen molar-refractivity contribution in [1.82, 2.24) is 0 Å². The Bertz CT molecular complexity index is 132. The molecule has 88 valence electrons. The van der Waals surface area contributed by atoms with Crippen molar-refractivity contribution in [3.05, 3.63) is 0 Å². The van der Waals surface area contributed by atoms with Crippen molar-refractivity contribution >= 4 is 25.8 Å². The van der Waals surface area contributed by atoms with Gasteiger partial charge in [0.2, 0.25) is 0 Å². The molecule has 0 amide bonds. The fourth-order valence-corrected chi connectivity index (χ4v) is 3.57. The Morgan fingerprint density at radius 1 is 0.400 bits per heavy atom. The third-order valence-electron chi connectivity index (χ3n) is 4.47. The van der Waals surface area contributed by atoms with Crippen molar-refractivity contribution in [2.45, 2.75) is 77.0 Å². The normalized spacial score (nSPS) is 33.6. The van der Waals surface area contributed by atoms with Gasteiger partial charge in [-0.1, -0.05) is 77.0 Å². The van der Waals surface area contributed by atoms with Crippen LogP contribution < -0.4 is 0 Å². The van der Waals surface area contributed by atoms with E-state index in [1.54, 1.807) is 25.7 Å². The Morgan fingerprint density at radius 2 is 0.733 bits per heavy atom. The summed E-state index contributed by atoms with van der Waals surface area (Å²) in [5.41, 5.74) is 0. The summed E-state index contributed by atoms with van der Waals surface area (Å²) in [5, 5.41) is 0. The third-order valence-corrected chi connectivity index (χ3v) is 4.47. The van der Waals surface area contributed by atoms with Gasteiger partial charge in [-0.3, -0.25) is 0 Å². The molecular formula is C14H29In. The molecule has 0 radical (unpaired) electrons. The molecule has 0 heterocycles. The topological polar surface area (TPSA) is 0 Å². The van der Waals surface area contributed by atoms with E-state index in [0.29, 0.717) is 0 Å². The molecule has 0 N–H and O–H groups in total. The summed E-state index contributed by atoms with van der Waals surface area (Å²) in [6.45, 7) is 0. The zero-order valence-electron chi connectivity index (χ0n) is 9.64. The maximum atomic E-state index is 1.56. The molecule has 1 heteroatoms. The first kappa shape index (κ1) is 13.9. The monoisotopic (exact) mass is 312 g/mol. The first-order chi connectivity index (χ1) is 6.97. The molecule has 0 aromatic carbocycles. The number of fused-ring (bicyclic) bond motifs is 1. The minimum atomic E-state index is 0. The van der Waals surface area contributed by atoms with E-state index >= 15 is 0 Å². The summed E-state index contributed by atoms with van der Waals surface area (Å²) in [4.78, 5) is 0. The zero-order valence-corrected chi connectivity index (χ0v) is 9.64.